The van der Waals surface area contributed by atoms with Gasteiger partial charge in [0.15, 0.2) is 28.8 Å². The van der Waals surface area contributed by atoms with Gasteiger partial charge in [0.25, 0.3) is 0 Å². The number of ketones is 1. The summed E-state index contributed by atoms with van der Waals surface area (Å²) in [6.07, 6.45) is 0.0570. The molecule has 1 amide bonds. The number of halogens is 1. The standard InChI is InChI=1S/C20H20ClNO6/c1-25-16-5-3-12(9-17(16)26-2)15(23)4-6-20(24)22-14-11-19-18(10-13(14)21)27-7-8-28-19/h3,5,9-11H,4,6-8H2,1-2H3,(H,22,24). The van der Waals surface area contributed by atoms with Crippen molar-refractivity contribution in [2.75, 3.05) is 32.8 Å². The largest absolute Gasteiger partial charge is 0.493 e. The minimum atomic E-state index is -0.326. The predicted molar refractivity (Wildman–Crippen MR) is 104 cm³/mol. The van der Waals surface area contributed by atoms with Crippen LogP contribution in [0.4, 0.5) is 5.69 Å². The zero-order valence-corrected chi connectivity index (χ0v) is 16.3. The van der Waals surface area contributed by atoms with Gasteiger partial charge in [-0.3, -0.25) is 9.59 Å². The van der Waals surface area contributed by atoms with Crippen molar-refractivity contribution < 1.29 is 28.5 Å². The molecule has 0 spiro atoms. The topological polar surface area (TPSA) is 83.1 Å². The van der Waals surface area contributed by atoms with Crippen molar-refractivity contribution in [3.8, 4) is 23.0 Å². The minimum Gasteiger partial charge on any atom is -0.493 e. The molecular weight excluding hydrogens is 386 g/mol. The minimum absolute atomic E-state index is 0.0119. The summed E-state index contributed by atoms with van der Waals surface area (Å²) in [4.78, 5) is 24.6. The smallest absolute Gasteiger partial charge is 0.224 e. The molecule has 0 fully saturated rings. The molecule has 0 radical (unpaired) electrons. The molecule has 3 rings (SSSR count). The number of amides is 1. The maximum Gasteiger partial charge on any atom is 0.224 e. The second kappa shape index (κ2) is 8.84. The van der Waals surface area contributed by atoms with Gasteiger partial charge in [0, 0.05) is 30.5 Å². The van der Waals surface area contributed by atoms with Crippen molar-refractivity contribution >= 4 is 29.0 Å². The lowest BCUT2D eigenvalue weighted by molar-refractivity contribution is -0.116. The van der Waals surface area contributed by atoms with Crippen LogP contribution in [0.5, 0.6) is 23.0 Å². The number of Topliss-reactive ketones (excluding diaryl/α,β-unsaturated/α-hetero) is 1. The molecule has 0 saturated carbocycles. The van der Waals surface area contributed by atoms with E-state index in [9.17, 15) is 9.59 Å². The summed E-state index contributed by atoms with van der Waals surface area (Å²) in [6, 6.07) is 8.10. The third-order valence-electron chi connectivity index (χ3n) is 4.19. The lowest BCUT2D eigenvalue weighted by Gasteiger charge is -2.20. The van der Waals surface area contributed by atoms with Crippen LogP contribution in [0.25, 0.3) is 0 Å². The van der Waals surface area contributed by atoms with E-state index in [1.807, 2.05) is 0 Å². The number of methoxy groups -OCH3 is 2. The first-order valence-electron chi connectivity index (χ1n) is 8.66. The van der Waals surface area contributed by atoms with Gasteiger partial charge in [-0.25, -0.2) is 0 Å². The number of rotatable bonds is 7. The summed E-state index contributed by atoms with van der Waals surface area (Å²) in [7, 11) is 3.02. The maximum absolute atomic E-state index is 12.4. The highest BCUT2D eigenvalue weighted by Gasteiger charge is 2.17. The highest BCUT2D eigenvalue weighted by molar-refractivity contribution is 6.34. The molecule has 0 aromatic heterocycles. The van der Waals surface area contributed by atoms with Crippen LogP contribution in [0.3, 0.4) is 0 Å². The molecule has 28 heavy (non-hydrogen) atoms. The van der Waals surface area contributed by atoms with Gasteiger partial charge in [-0.1, -0.05) is 11.6 Å². The molecule has 2 aromatic rings. The van der Waals surface area contributed by atoms with Gasteiger partial charge in [-0.15, -0.1) is 0 Å². The Bertz CT molecular complexity index is 899. The van der Waals surface area contributed by atoms with Crippen molar-refractivity contribution in [2.24, 2.45) is 0 Å². The predicted octanol–water partition coefficient (Wildman–Crippen LogP) is 3.73. The quantitative estimate of drug-likeness (QED) is 0.707. The number of benzene rings is 2. The molecular formula is C20H20ClNO6. The molecule has 0 atom stereocenters. The third-order valence-corrected chi connectivity index (χ3v) is 4.50. The van der Waals surface area contributed by atoms with Crippen LogP contribution in [0, 0.1) is 0 Å². The first-order valence-corrected chi connectivity index (χ1v) is 9.04. The number of hydrogen-bond acceptors (Lipinski definition) is 6. The molecule has 1 heterocycles. The molecule has 0 unspecified atom stereocenters. The average molecular weight is 406 g/mol. The van der Waals surface area contributed by atoms with Crippen LogP contribution in [-0.2, 0) is 4.79 Å². The van der Waals surface area contributed by atoms with Crippen LogP contribution in [0.2, 0.25) is 5.02 Å². The molecule has 0 aliphatic carbocycles. The van der Waals surface area contributed by atoms with E-state index in [1.165, 1.54) is 14.2 Å². The van der Waals surface area contributed by atoms with Crippen LogP contribution < -0.4 is 24.3 Å². The van der Waals surface area contributed by atoms with E-state index in [4.69, 9.17) is 30.5 Å². The Labute approximate surface area is 167 Å². The second-order valence-corrected chi connectivity index (χ2v) is 6.42. The fourth-order valence-corrected chi connectivity index (χ4v) is 2.95. The van der Waals surface area contributed by atoms with Gasteiger partial charge >= 0.3 is 0 Å². The normalized spacial score (nSPS) is 12.2. The fraction of sp³-hybridized carbons (Fsp3) is 0.300. The zero-order valence-electron chi connectivity index (χ0n) is 15.5. The SMILES string of the molecule is COc1ccc(C(=O)CCC(=O)Nc2cc3c(cc2Cl)OCCO3)cc1OC. The fourth-order valence-electron chi connectivity index (χ4n) is 2.75. The first kappa shape index (κ1) is 19.8. The van der Waals surface area contributed by atoms with Crippen molar-refractivity contribution in [2.45, 2.75) is 12.8 Å². The van der Waals surface area contributed by atoms with Crippen molar-refractivity contribution in [3.05, 3.63) is 40.9 Å². The van der Waals surface area contributed by atoms with E-state index >= 15 is 0 Å². The highest BCUT2D eigenvalue weighted by Crippen LogP contribution is 2.38. The Morgan fingerprint density at radius 2 is 1.68 bits per heavy atom. The maximum atomic E-state index is 12.4. The van der Waals surface area contributed by atoms with Crippen molar-refractivity contribution in [1.29, 1.82) is 0 Å². The summed E-state index contributed by atoms with van der Waals surface area (Å²) in [5.74, 6) is 1.55. The van der Waals surface area contributed by atoms with E-state index in [-0.39, 0.29) is 24.5 Å². The molecule has 1 aliphatic rings. The zero-order chi connectivity index (χ0) is 20.1. The molecule has 148 valence electrons. The number of ether oxygens (including phenoxy) is 4. The number of carbonyl (C=O) groups excluding carboxylic acids is 2. The number of carbonyl (C=O) groups is 2. The molecule has 1 aliphatic heterocycles. The molecule has 8 heteroatoms. The number of fused-ring (bicyclic) bond motifs is 1. The van der Waals surface area contributed by atoms with Gasteiger partial charge in [0.05, 0.1) is 24.9 Å². The van der Waals surface area contributed by atoms with E-state index in [1.54, 1.807) is 30.3 Å². The molecule has 7 nitrogen and oxygen atoms in total. The monoisotopic (exact) mass is 405 g/mol. The van der Waals surface area contributed by atoms with Gasteiger partial charge in [-0.2, -0.15) is 0 Å². The van der Waals surface area contributed by atoms with Gasteiger partial charge < -0.3 is 24.3 Å². The van der Waals surface area contributed by atoms with E-state index < -0.39 is 0 Å². The van der Waals surface area contributed by atoms with Crippen LogP contribution in [0.15, 0.2) is 30.3 Å². The van der Waals surface area contributed by atoms with Gasteiger partial charge in [0.2, 0.25) is 5.91 Å². The van der Waals surface area contributed by atoms with E-state index in [0.29, 0.717) is 52.5 Å². The Morgan fingerprint density at radius 1 is 1.00 bits per heavy atom. The summed E-state index contributed by atoms with van der Waals surface area (Å²) < 4.78 is 21.3. The summed E-state index contributed by atoms with van der Waals surface area (Å²) in [6.45, 7) is 0.884. The summed E-state index contributed by atoms with van der Waals surface area (Å²) in [5, 5.41) is 3.04. The lowest BCUT2D eigenvalue weighted by Crippen LogP contribution is -2.17. The highest BCUT2D eigenvalue weighted by atomic mass is 35.5. The Hall–Kier alpha value is -2.93. The van der Waals surface area contributed by atoms with Crippen LogP contribution in [0.1, 0.15) is 23.2 Å². The van der Waals surface area contributed by atoms with Gasteiger partial charge in [-0.05, 0) is 18.2 Å². The third kappa shape index (κ3) is 4.48. The van der Waals surface area contributed by atoms with E-state index in [0.717, 1.165) is 0 Å². The summed E-state index contributed by atoms with van der Waals surface area (Å²) in [5.41, 5.74) is 0.859. The molecule has 0 bridgehead atoms. The number of anilines is 1. The average Bonchev–Trinajstić information content (AvgIpc) is 2.72. The van der Waals surface area contributed by atoms with Crippen LogP contribution >= 0.6 is 11.6 Å². The summed E-state index contributed by atoms with van der Waals surface area (Å²) >= 11 is 6.18. The number of hydrogen-bond donors (Lipinski definition) is 1. The number of nitrogens with one attached hydrogen (secondary N) is 1. The Morgan fingerprint density at radius 3 is 2.36 bits per heavy atom. The Kier molecular flexibility index (Phi) is 6.26. The van der Waals surface area contributed by atoms with Crippen molar-refractivity contribution in [3.63, 3.8) is 0 Å². The van der Waals surface area contributed by atoms with Crippen molar-refractivity contribution in [1.82, 2.24) is 0 Å². The Balaban J connectivity index is 1.61. The second-order valence-electron chi connectivity index (χ2n) is 6.02. The molecule has 2 aromatic carbocycles. The van der Waals surface area contributed by atoms with Gasteiger partial charge in [0.1, 0.15) is 13.2 Å². The lowest BCUT2D eigenvalue weighted by atomic mass is 10.1. The first-order chi connectivity index (χ1) is 13.5. The molecule has 0 saturated heterocycles. The molecule has 1 N–H and O–H groups in total. The van der Waals surface area contributed by atoms with E-state index in [2.05, 4.69) is 5.32 Å². The van der Waals surface area contributed by atoms with Crippen LogP contribution in [-0.4, -0.2) is 39.1 Å².